The van der Waals surface area contributed by atoms with Gasteiger partial charge in [0.2, 0.25) is 15.5 Å². The standard InChI is InChI=1S/C14H16ClN3O2S/c1-21(19,20)18-8-6-17(7-9-18)14-4-5-16-13-10-11(15)2-3-12(13)14/h2-5,10H,6-9H2,1H3/p+1. The van der Waals surface area contributed by atoms with Crippen LogP contribution >= 0.6 is 11.6 Å². The summed E-state index contributed by atoms with van der Waals surface area (Å²) in [6.45, 7) is 2.42. The Labute approximate surface area is 129 Å². The van der Waals surface area contributed by atoms with Crippen molar-refractivity contribution in [1.82, 2.24) is 4.31 Å². The molecule has 2 aromatic rings. The van der Waals surface area contributed by atoms with Crippen molar-refractivity contribution in [2.24, 2.45) is 0 Å². The van der Waals surface area contributed by atoms with Gasteiger partial charge < -0.3 is 4.90 Å². The van der Waals surface area contributed by atoms with E-state index in [2.05, 4.69) is 9.88 Å². The minimum absolute atomic E-state index is 0.520. The number of rotatable bonds is 2. The zero-order chi connectivity index (χ0) is 15.0. The van der Waals surface area contributed by atoms with E-state index in [4.69, 9.17) is 11.6 Å². The number of H-pyrrole nitrogens is 1. The monoisotopic (exact) mass is 326 g/mol. The second-order valence-corrected chi connectivity index (χ2v) is 7.62. The quantitative estimate of drug-likeness (QED) is 0.838. The molecule has 0 saturated carbocycles. The zero-order valence-corrected chi connectivity index (χ0v) is 13.3. The van der Waals surface area contributed by atoms with E-state index in [1.165, 1.54) is 10.6 Å². The van der Waals surface area contributed by atoms with Gasteiger partial charge >= 0.3 is 0 Å². The molecule has 0 amide bonds. The molecule has 21 heavy (non-hydrogen) atoms. The van der Waals surface area contributed by atoms with Crippen LogP contribution in [0.2, 0.25) is 5.02 Å². The van der Waals surface area contributed by atoms with Gasteiger partial charge in [0.1, 0.15) is 0 Å². The number of sulfonamides is 1. The van der Waals surface area contributed by atoms with Gasteiger partial charge in [0.25, 0.3) is 0 Å². The number of benzene rings is 1. The second-order valence-electron chi connectivity index (χ2n) is 5.20. The highest BCUT2D eigenvalue weighted by Crippen LogP contribution is 2.27. The third-order valence-corrected chi connectivity index (χ3v) is 5.32. The number of hydrogen-bond acceptors (Lipinski definition) is 3. The van der Waals surface area contributed by atoms with E-state index in [9.17, 15) is 8.42 Å². The summed E-state index contributed by atoms with van der Waals surface area (Å²) in [6.07, 6.45) is 3.15. The van der Waals surface area contributed by atoms with Crippen molar-refractivity contribution in [3.05, 3.63) is 35.5 Å². The van der Waals surface area contributed by atoms with Crippen LogP contribution in [0.4, 0.5) is 5.69 Å². The lowest BCUT2D eigenvalue weighted by atomic mass is 10.1. The summed E-state index contributed by atoms with van der Waals surface area (Å²) in [7, 11) is -3.10. The first-order valence-electron chi connectivity index (χ1n) is 6.75. The molecule has 2 heterocycles. The average Bonchev–Trinajstić information content (AvgIpc) is 2.45. The summed E-state index contributed by atoms with van der Waals surface area (Å²) >= 11 is 6.02. The van der Waals surface area contributed by atoms with Gasteiger partial charge in [-0.1, -0.05) is 11.6 Å². The number of anilines is 1. The van der Waals surface area contributed by atoms with Crippen LogP contribution in [-0.2, 0) is 10.0 Å². The molecule has 1 aromatic heterocycles. The van der Waals surface area contributed by atoms with Crippen LogP contribution in [0.25, 0.3) is 10.9 Å². The van der Waals surface area contributed by atoms with Gasteiger partial charge in [-0.2, -0.15) is 4.31 Å². The van der Waals surface area contributed by atoms with E-state index in [0.29, 0.717) is 31.2 Å². The second kappa shape index (κ2) is 5.44. The maximum Gasteiger partial charge on any atom is 0.214 e. The lowest BCUT2D eigenvalue weighted by molar-refractivity contribution is -0.344. The molecule has 0 bridgehead atoms. The Morgan fingerprint density at radius 3 is 2.52 bits per heavy atom. The van der Waals surface area contributed by atoms with Crippen molar-refractivity contribution in [2.45, 2.75) is 0 Å². The highest BCUT2D eigenvalue weighted by atomic mass is 35.5. The van der Waals surface area contributed by atoms with E-state index in [0.717, 1.165) is 16.6 Å². The molecule has 5 nitrogen and oxygen atoms in total. The largest absolute Gasteiger partial charge is 0.368 e. The van der Waals surface area contributed by atoms with Crippen molar-refractivity contribution in [3.8, 4) is 0 Å². The summed E-state index contributed by atoms with van der Waals surface area (Å²) in [4.78, 5) is 5.40. The van der Waals surface area contributed by atoms with Crippen LogP contribution in [0.3, 0.4) is 0 Å². The van der Waals surface area contributed by atoms with Gasteiger partial charge in [-0.15, -0.1) is 0 Å². The minimum Gasteiger partial charge on any atom is -0.368 e. The number of halogens is 1. The van der Waals surface area contributed by atoms with Crippen molar-refractivity contribution < 1.29 is 13.4 Å². The number of fused-ring (bicyclic) bond motifs is 1. The SMILES string of the molecule is CS(=O)(=O)N1CCN(c2cc[nH+]c3cc(Cl)ccc23)CC1. The summed E-state index contributed by atoms with van der Waals surface area (Å²) in [5.74, 6) is 0. The Bertz CT molecular complexity index is 771. The molecule has 1 aliphatic heterocycles. The number of pyridine rings is 1. The molecule has 0 unspecified atom stereocenters. The molecule has 1 aliphatic rings. The molecule has 7 heteroatoms. The maximum absolute atomic E-state index is 11.6. The zero-order valence-electron chi connectivity index (χ0n) is 11.7. The lowest BCUT2D eigenvalue weighted by Gasteiger charge is -2.34. The van der Waals surface area contributed by atoms with E-state index in [-0.39, 0.29) is 0 Å². The predicted octanol–water partition coefficient (Wildman–Crippen LogP) is 1.39. The fourth-order valence-corrected chi connectivity index (χ4v) is 3.69. The third-order valence-electron chi connectivity index (χ3n) is 3.79. The lowest BCUT2D eigenvalue weighted by Crippen LogP contribution is -2.48. The summed E-state index contributed by atoms with van der Waals surface area (Å²) in [5.41, 5.74) is 2.08. The molecule has 0 aliphatic carbocycles. The molecule has 0 atom stereocenters. The topological polar surface area (TPSA) is 54.8 Å². The molecule has 1 aromatic carbocycles. The van der Waals surface area contributed by atoms with E-state index >= 15 is 0 Å². The van der Waals surface area contributed by atoms with Crippen molar-refractivity contribution in [2.75, 3.05) is 37.3 Å². The fourth-order valence-electron chi connectivity index (χ4n) is 2.70. The molecule has 112 valence electrons. The van der Waals surface area contributed by atoms with Gasteiger partial charge in [0, 0.05) is 43.3 Å². The molecule has 1 fully saturated rings. The van der Waals surface area contributed by atoms with Gasteiger partial charge in [-0.05, 0) is 12.1 Å². The summed E-state index contributed by atoms with van der Waals surface area (Å²) in [6, 6.07) is 7.78. The summed E-state index contributed by atoms with van der Waals surface area (Å²) in [5, 5.41) is 1.78. The Kier molecular flexibility index (Phi) is 3.77. The maximum atomic E-state index is 11.6. The molecule has 1 saturated heterocycles. The molecular weight excluding hydrogens is 310 g/mol. The Morgan fingerprint density at radius 1 is 1.14 bits per heavy atom. The van der Waals surface area contributed by atoms with Crippen molar-refractivity contribution >= 4 is 38.2 Å². The number of piperazine rings is 1. The normalized spacial score (nSPS) is 17.3. The van der Waals surface area contributed by atoms with E-state index < -0.39 is 10.0 Å². The Balaban J connectivity index is 1.89. The molecule has 3 rings (SSSR count). The van der Waals surface area contributed by atoms with Crippen LogP contribution in [-0.4, -0.2) is 45.2 Å². The smallest absolute Gasteiger partial charge is 0.214 e. The van der Waals surface area contributed by atoms with Gasteiger partial charge in [0.15, 0.2) is 6.20 Å². The number of aromatic amines is 1. The third kappa shape index (κ3) is 2.97. The first-order valence-corrected chi connectivity index (χ1v) is 8.98. The van der Waals surface area contributed by atoms with E-state index in [1.807, 2.05) is 30.5 Å². The number of nitrogens with one attached hydrogen (secondary N) is 1. The average molecular weight is 327 g/mol. The van der Waals surface area contributed by atoms with Crippen LogP contribution in [0, 0.1) is 0 Å². The first-order chi connectivity index (χ1) is 9.95. The fraction of sp³-hybridized carbons (Fsp3) is 0.357. The summed E-state index contributed by atoms with van der Waals surface area (Å²) < 4.78 is 24.7. The van der Waals surface area contributed by atoms with Gasteiger partial charge in [0.05, 0.1) is 17.3 Å². The first kappa shape index (κ1) is 14.6. The highest BCUT2D eigenvalue weighted by Gasteiger charge is 2.24. The molecule has 0 spiro atoms. The van der Waals surface area contributed by atoms with E-state index in [1.54, 1.807) is 0 Å². The highest BCUT2D eigenvalue weighted by molar-refractivity contribution is 7.88. The number of nitrogens with zero attached hydrogens (tertiary/aromatic N) is 2. The molecule has 0 radical (unpaired) electrons. The van der Waals surface area contributed by atoms with Gasteiger partial charge in [-0.25, -0.2) is 13.4 Å². The van der Waals surface area contributed by atoms with Crippen molar-refractivity contribution in [3.63, 3.8) is 0 Å². The van der Waals surface area contributed by atoms with Crippen molar-refractivity contribution in [1.29, 1.82) is 0 Å². The molecule has 1 N–H and O–H groups in total. The Morgan fingerprint density at radius 2 is 1.86 bits per heavy atom. The number of hydrogen-bond donors (Lipinski definition) is 0. The number of aromatic nitrogens is 1. The van der Waals surface area contributed by atoms with Crippen LogP contribution < -0.4 is 9.88 Å². The predicted molar refractivity (Wildman–Crippen MR) is 84.1 cm³/mol. The van der Waals surface area contributed by atoms with Crippen LogP contribution in [0.15, 0.2) is 30.5 Å². The Hall–Kier alpha value is -1.37. The molecular formula is C14H17ClN3O2S+. The minimum atomic E-state index is -3.10. The van der Waals surface area contributed by atoms with Gasteiger partial charge in [-0.3, -0.25) is 0 Å². The van der Waals surface area contributed by atoms with Crippen LogP contribution in [0.1, 0.15) is 0 Å². The van der Waals surface area contributed by atoms with Crippen LogP contribution in [0.5, 0.6) is 0 Å².